The number of ether oxygens (including phenoxy) is 1. The predicted octanol–water partition coefficient (Wildman–Crippen LogP) is 1.54. The van der Waals surface area contributed by atoms with Crippen molar-refractivity contribution in [2.75, 3.05) is 25.1 Å². The molecule has 0 saturated carbocycles. The normalized spacial score (nSPS) is 12.2. The smallest absolute Gasteiger partial charge is 0.229 e. The quantitative estimate of drug-likeness (QED) is 0.837. The van der Waals surface area contributed by atoms with E-state index < -0.39 is 0 Å². The van der Waals surface area contributed by atoms with Gasteiger partial charge in [-0.2, -0.15) is 0 Å². The summed E-state index contributed by atoms with van der Waals surface area (Å²) in [6, 6.07) is 5.97. The summed E-state index contributed by atoms with van der Waals surface area (Å²) in [7, 11) is 1.52. The monoisotopic (exact) mass is 254 g/mol. The van der Waals surface area contributed by atoms with Crippen molar-refractivity contribution in [1.82, 2.24) is 0 Å². The lowest BCUT2D eigenvalue weighted by atomic mass is 10.2. The maximum Gasteiger partial charge on any atom is 0.229 e. The number of hydrogen-bond acceptors (Lipinski definition) is 3. The molecule has 0 aromatic heterocycles. The van der Waals surface area contributed by atoms with Crippen LogP contribution in [0.5, 0.6) is 0 Å². The van der Waals surface area contributed by atoms with E-state index in [-0.39, 0.29) is 30.8 Å². The zero-order valence-corrected chi connectivity index (χ0v) is 10.7. The Kier molecular flexibility index (Phi) is 5.74. The number of benzene rings is 1. The lowest BCUT2D eigenvalue weighted by molar-refractivity contribution is -0.120. The van der Waals surface area contributed by atoms with Crippen molar-refractivity contribution < 1.29 is 13.9 Å². The molecule has 0 aliphatic heterocycles. The molecule has 5 heteroatoms. The maximum atomic E-state index is 13.1. The average Bonchev–Trinajstić information content (AvgIpc) is 2.37. The molecule has 1 aromatic carbocycles. The van der Waals surface area contributed by atoms with E-state index in [0.29, 0.717) is 12.2 Å². The second kappa shape index (κ2) is 7.08. The van der Waals surface area contributed by atoms with E-state index >= 15 is 0 Å². The molecule has 2 N–H and O–H groups in total. The summed E-state index contributed by atoms with van der Waals surface area (Å²) in [5.41, 5.74) is 6.03. The Hall–Kier alpha value is -1.46. The van der Waals surface area contributed by atoms with E-state index in [1.165, 1.54) is 24.1 Å². The Morgan fingerprint density at radius 2 is 2.28 bits per heavy atom. The molecular weight excluding hydrogens is 235 g/mol. The minimum absolute atomic E-state index is 0.125. The van der Waals surface area contributed by atoms with Gasteiger partial charge in [0.05, 0.1) is 12.5 Å². The van der Waals surface area contributed by atoms with Gasteiger partial charge in [0, 0.05) is 25.9 Å². The molecule has 0 saturated heterocycles. The number of nitrogens with zero attached hydrogens (tertiary/aromatic N) is 1. The first-order valence-electron chi connectivity index (χ1n) is 5.91. The summed E-state index contributed by atoms with van der Waals surface area (Å²) in [6.45, 7) is 2.60. The molecule has 0 bridgehead atoms. The number of methoxy groups -OCH3 is 1. The lowest BCUT2D eigenvalue weighted by Gasteiger charge is -2.23. The van der Waals surface area contributed by atoms with Gasteiger partial charge in [-0.15, -0.1) is 0 Å². The van der Waals surface area contributed by atoms with Crippen LogP contribution in [-0.2, 0) is 9.53 Å². The van der Waals surface area contributed by atoms with Gasteiger partial charge in [0.25, 0.3) is 0 Å². The van der Waals surface area contributed by atoms with Gasteiger partial charge in [0.15, 0.2) is 0 Å². The standard InChI is InChI=1S/C13H19FN2O2/c1-3-16(11-6-4-5-10(14)7-11)13(17)8-12(9-15)18-2/h4-7,12H,3,8-9,15H2,1-2H3. The molecule has 1 rings (SSSR count). The molecule has 0 spiro atoms. The van der Waals surface area contributed by atoms with Crippen LogP contribution in [0.2, 0.25) is 0 Å². The zero-order valence-electron chi connectivity index (χ0n) is 10.7. The van der Waals surface area contributed by atoms with Crippen LogP contribution in [0.15, 0.2) is 24.3 Å². The fourth-order valence-corrected chi connectivity index (χ4v) is 1.71. The highest BCUT2D eigenvalue weighted by Gasteiger charge is 2.18. The van der Waals surface area contributed by atoms with E-state index in [1.54, 1.807) is 12.1 Å². The number of carbonyl (C=O) groups is 1. The second-order valence-corrected chi connectivity index (χ2v) is 3.92. The van der Waals surface area contributed by atoms with E-state index in [0.717, 1.165) is 0 Å². The molecule has 100 valence electrons. The Morgan fingerprint density at radius 3 is 2.78 bits per heavy atom. The van der Waals surface area contributed by atoms with Crippen molar-refractivity contribution in [3.8, 4) is 0 Å². The Labute approximate surface area is 107 Å². The van der Waals surface area contributed by atoms with Crippen LogP contribution in [0.25, 0.3) is 0 Å². The molecular formula is C13H19FN2O2. The van der Waals surface area contributed by atoms with Crippen LogP contribution < -0.4 is 10.6 Å². The van der Waals surface area contributed by atoms with Crippen LogP contribution >= 0.6 is 0 Å². The topological polar surface area (TPSA) is 55.6 Å². The average molecular weight is 254 g/mol. The van der Waals surface area contributed by atoms with Crippen molar-refractivity contribution in [2.24, 2.45) is 5.73 Å². The third-order valence-electron chi connectivity index (χ3n) is 2.74. The maximum absolute atomic E-state index is 13.1. The van der Waals surface area contributed by atoms with E-state index in [1.807, 2.05) is 6.92 Å². The first kappa shape index (κ1) is 14.6. The number of halogens is 1. The number of rotatable bonds is 6. The number of nitrogens with two attached hydrogens (primary N) is 1. The minimum atomic E-state index is -0.360. The van der Waals surface area contributed by atoms with Gasteiger partial charge >= 0.3 is 0 Å². The summed E-state index contributed by atoms with van der Waals surface area (Å²) in [4.78, 5) is 13.6. The molecule has 4 nitrogen and oxygen atoms in total. The highest BCUT2D eigenvalue weighted by molar-refractivity contribution is 5.93. The number of carbonyl (C=O) groups excluding carboxylic acids is 1. The van der Waals surface area contributed by atoms with Gasteiger partial charge in [-0.1, -0.05) is 6.07 Å². The van der Waals surface area contributed by atoms with Gasteiger partial charge in [-0.3, -0.25) is 4.79 Å². The lowest BCUT2D eigenvalue weighted by Crippen LogP contribution is -2.36. The van der Waals surface area contributed by atoms with Crippen molar-refractivity contribution in [1.29, 1.82) is 0 Å². The van der Waals surface area contributed by atoms with Crippen molar-refractivity contribution in [3.63, 3.8) is 0 Å². The van der Waals surface area contributed by atoms with E-state index in [9.17, 15) is 9.18 Å². The molecule has 1 aromatic rings. The number of anilines is 1. The third-order valence-corrected chi connectivity index (χ3v) is 2.74. The zero-order chi connectivity index (χ0) is 13.5. The summed E-state index contributed by atoms with van der Waals surface area (Å²) in [6.07, 6.45) is -0.114. The summed E-state index contributed by atoms with van der Waals surface area (Å²) in [5.74, 6) is -0.485. The molecule has 0 fully saturated rings. The summed E-state index contributed by atoms with van der Waals surface area (Å²) >= 11 is 0. The molecule has 0 aliphatic rings. The first-order valence-corrected chi connectivity index (χ1v) is 5.91. The highest BCUT2D eigenvalue weighted by Crippen LogP contribution is 2.17. The number of hydrogen-bond donors (Lipinski definition) is 1. The number of amides is 1. The van der Waals surface area contributed by atoms with Crippen LogP contribution in [0.3, 0.4) is 0 Å². The van der Waals surface area contributed by atoms with Gasteiger partial charge < -0.3 is 15.4 Å². The van der Waals surface area contributed by atoms with Crippen LogP contribution in [0, 0.1) is 5.82 Å². The van der Waals surface area contributed by atoms with Gasteiger partial charge in [-0.25, -0.2) is 4.39 Å². The van der Waals surface area contributed by atoms with Gasteiger partial charge in [0.1, 0.15) is 5.82 Å². The molecule has 0 heterocycles. The Morgan fingerprint density at radius 1 is 1.56 bits per heavy atom. The highest BCUT2D eigenvalue weighted by atomic mass is 19.1. The molecule has 0 radical (unpaired) electrons. The molecule has 18 heavy (non-hydrogen) atoms. The van der Waals surface area contributed by atoms with Crippen LogP contribution in [0.1, 0.15) is 13.3 Å². The Bertz CT molecular complexity index is 394. The van der Waals surface area contributed by atoms with Gasteiger partial charge in [0.2, 0.25) is 5.91 Å². The molecule has 1 amide bonds. The third kappa shape index (κ3) is 3.78. The molecule has 0 aliphatic carbocycles. The first-order chi connectivity index (χ1) is 8.62. The summed E-state index contributed by atoms with van der Waals surface area (Å²) in [5, 5.41) is 0. The molecule has 1 unspecified atom stereocenters. The fourth-order valence-electron chi connectivity index (χ4n) is 1.71. The minimum Gasteiger partial charge on any atom is -0.380 e. The Balaban J connectivity index is 2.80. The second-order valence-electron chi connectivity index (χ2n) is 3.92. The van der Waals surface area contributed by atoms with Crippen molar-refractivity contribution in [2.45, 2.75) is 19.4 Å². The van der Waals surface area contributed by atoms with E-state index in [2.05, 4.69) is 0 Å². The SMILES string of the molecule is CCN(C(=O)CC(CN)OC)c1cccc(F)c1. The van der Waals surface area contributed by atoms with Crippen molar-refractivity contribution in [3.05, 3.63) is 30.1 Å². The predicted molar refractivity (Wildman–Crippen MR) is 68.9 cm³/mol. The summed E-state index contributed by atoms with van der Waals surface area (Å²) < 4.78 is 18.2. The largest absolute Gasteiger partial charge is 0.380 e. The van der Waals surface area contributed by atoms with Crippen molar-refractivity contribution >= 4 is 11.6 Å². The van der Waals surface area contributed by atoms with Crippen LogP contribution in [0.4, 0.5) is 10.1 Å². The van der Waals surface area contributed by atoms with E-state index in [4.69, 9.17) is 10.5 Å². The molecule has 1 atom stereocenters. The van der Waals surface area contributed by atoms with Gasteiger partial charge in [-0.05, 0) is 25.1 Å². The van der Waals surface area contributed by atoms with Crippen LogP contribution in [-0.4, -0.2) is 32.2 Å². The fraction of sp³-hybridized carbons (Fsp3) is 0.462.